The van der Waals surface area contributed by atoms with E-state index in [-0.39, 0.29) is 11.6 Å². The van der Waals surface area contributed by atoms with Crippen LogP contribution in [0.3, 0.4) is 0 Å². The van der Waals surface area contributed by atoms with Crippen molar-refractivity contribution in [3.63, 3.8) is 0 Å². The summed E-state index contributed by atoms with van der Waals surface area (Å²) in [6, 6.07) is 3.67. The van der Waals surface area contributed by atoms with Crippen LogP contribution in [-0.4, -0.2) is 66.5 Å². The number of fused-ring (bicyclic) bond motifs is 1. The summed E-state index contributed by atoms with van der Waals surface area (Å²) in [6.45, 7) is 12.9. The molecule has 2 aliphatic heterocycles. The van der Waals surface area contributed by atoms with Gasteiger partial charge in [0.1, 0.15) is 5.69 Å². The number of amides is 1. The van der Waals surface area contributed by atoms with Crippen molar-refractivity contribution in [2.24, 2.45) is 17.8 Å². The fourth-order valence-corrected chi connectivity index (χ4v) is 4.51. The normalized spacial score (nSPS) is 24.1. The van der Waals surface area contributed by atoms with E-state index >= 15 is 0 Å². The first-order valence-corrected chi connectivity index (χ1v) is 10.4. The van der Waals surface area contributed by atoms with Gasteiger partial charge in [-0.05, 0) is 36.8 Å². The molecule has 3 rings (SSSR count). The van der Waals surface area contributed by atoms with Crippen LogP contribution >= 0.6 is 0 Å². The van der Waals surface area contributed by atoms with Crippen LogP contribution in [0.4, 0.5) is 13.2 Å². The van der Waals surface area contributed by atoms with E-state index in [9.17, 15) is 18.0 Å². The van der Waals surface area contributed by atoms with E-state index in [1.807, 2.05) is 0 Å². The molecule has 3 unspecified atom stereocenters. The maximum absolute atomic E-state index is 12.8. The highest BCUT2D eigenvalue weighted by molar-refractivity contribution is 5.82. The van der Waals surface area contributed by atoms with E-state index in [0.29, 0.717) is 24.3 Å². The Morgan fingerprint density at radius 3 is 2.34 bits per heavy atom. The molecule has 3 heterocycles. The second-order valence-corrected chi connectivity index (χ2v) is 8.85. The van der Waals surface area contributed by atoms with Crippen LogP contribution in [0.5, 0.6) is 0 Å². The highest BCUT2D eigenvalue weighted by Crippen LogP contribution is 2.31. The predicted molar refractivity (Wildman–Crippen MR) is 105 cm³/mol. The number of pyridine rings is 1. The fourth-order valence-electron chi connectivity index (χ4n) is 4.51. The number of likely N-dealkylation sites (tertiary alicyclic amines) is 2. The lowest BCUT2D eigenvalue weighted by Crippen LogP contribution is -2.37. The summed E-state index contributed by atoms with van der Waals surface area (Å²) in [5.41, 5.74) is -0.831. The highest BCUT2D eigenvalue weighted by Gasteiger charge is 2.39. The molecule has 2 aliphatic rings. The Morgan fingerprint density at radius 1 is 1.14 bits per heavy atom. The molecule has 1 N–H and O–H groups in total. The zero-order valence-electron chi connectivity index (χ0n) is 17.4. The highest BCUT2D eigenvalue weighted by atomic mass is 19.4. The van der Waals surface area contributed by atoms with Crippen LogP contribution in [0.1, 0.15) is 38.1 Å². The van der Waals surface area contributed by atoms with Crippen molar-refractivity contribution in [1.82, 2.24) is 20.1 Å². The Hall–Kier alpha value is -1.67. The molecule has 2 saturated heterocycles. The van der Waals surface area contributed by atoms with Crippen LogP contribution in [0.15, 0.2) is 18.2 Å². The molecular formula is C21H31F3N4O. The summed E-state index contributed by atoms with van der Waals surface area (Å²) in [5, 5.41) is 2.85. The van der Waals surface area contributed by atoms with E-state index in [1.54, 1.807) is 6.92 Å². The van der Waals surface area contributed by atoms with Gasteiger partial charge < -0.3 is 15.1 Å². The number of halogens is 3. The third-order valence-electron chi connectivity index (χ3n) is 5.89. The Balaban J connectivity index is 1.42. The monoisotopic (exact) mass is 412 g/mol. The number of rotatable bonds is 7. The van der Waals surface area contributed by atoms with Crippen molar-refractivity contribution < 1.29 is 18.0 Å². The van der Waals surface area contributed by atoms with Gasteiger partial charge in [0, 0.05) is 45.8 Å². The van der Waals surface area contributed by atoms with E-state index in [2.05, 4.69) is 33.9 Å². The smallest absolute Gasteiger partial charge is 0.354 e. The second kappa shape index (κ2) is 9.00. The van der Waals surface area contributed by atoms with Gasteiger partial charge in [-0.2, -0.15) is 13.2 Å². The average Bonchev–Trinajstić information content (AvgIpc) is 3.17. The van der Waals surface area contributed by atoms with Crippen LogP contribution in [0, 0.1) is 17.8 Å². The Labute approximate surface area is 170 Å². The zero-order chi connectivity index (χ0) is 21.2. The first-order chi connectivity index (χ1) is 13.6. The van der Waals surface area contributed by atoms with Crippen LogP contribution in [0.25, 0.3) is 0 Å². The fraction of sp³-hybridized carbons (Fsp3) is 0.714. The van der Waals surface area contributed by atoms with Crippen LogP contribution in [-0.2, 0) is 11.0 Å². The average molecular weight is 413 g/mol. The largest absolute Gasteiger partial charge is 0.433 e. The van der Waals surface area contributed by atoms with Gasteiger partial charge in [0.05, 0.1) is 11.6 Å². The summed E-state index contributed by atoms with van der Waals surface area (Å²) in [5.74, 6) is 1.09. The van der Waals surface area contributed by atoms with Crippen LogP contribution in [0.2, 0.25) is 0 Å². The lowest BCUT2D eigenvalue weighted by molar-refractivity contribution is -0.141. The summed E-state index contributed by atoms with van der Waals surface area (Å²) in [7, 11) is 0. The van der Waals surface area contributed by atoms with E-state index in [0.717, 1.165) is 45.3 Å². The number of nitrogens with zero attached hydrogens (tertiary/aromatic N) is 3. The summed E-state index contributed by atoms with van der Waals surface area (Å²) in [4.78, 5) is 20.9. The number of hydrogen-bond donors (Lipinski definition) is 1. The lowest BCUT2D eigenvalue weighted by Gasteiger charge is -2.23. The van der Waals surface area contributed by atoms with Crippen LogP contribution < -0.4 is 5.32 Å². The Bertz CT molecular complexity index is 695. The molecular weight excluding hydrogens is 381 g/mol. The van der Waals surface area contributed by atoms with Gasteiger partial charge in [-0.3, -0.25) is 4.79 Å². The summed E-state index contributed by atoms with van der Waals surface area (Å²) in [6.07, 6.45) is -4.51. The van der Waals surface area contributed by atoms with Gasteiger partial charge in [0.25, 0.3) is 0 Å². The molecule has 1 aromatic rings. The second-order valence-electron chi connectivity index (χ2n) is 8.85. The number of carbonyl (C=O) groups is 1. The van der Waals surface area contributed by atoms with Gasteiger partial charge in [-0.25, -0.2) is 4.98 Å². The molecule has 0 bridgehead atoms. The van der Waals surface area contributed by atoms with E-state index in [4.69, 9.17) is 0 Å². The lowest BCUT2D eigenvalue weighted by atomic mass is 10.0. The Morgan fingerprint density at radius 2 is 1.76 bits per heavy atom. The Kier molecular flexibility index (Phi) is 6.83. The van der Waals surface area contributed by atoms with Crippen molar-refractivity contribution in [2.75, 3.05) is 45.8 Å². The molecule has 0 spiro atoms. The number of alkyl halides is 3. The molecule has 1 amide bonds. The number of carbonyl (C=O) groups excluding carboxylic acids is 1. The SMILES string of the molecule is CC(C)CN1CC2CN(CCNC(=O)C(C)c3cccc(C(F)(F)F)n3)CC2C1. The van der Waals surface area contributed by atoms with Crippen molar-refractivity contribution >= 4 is 5.91 Å². The third-order valence-corrected chi connectivity index (χ3v) is 5.89. The quantitative estimate of drug-likeness (QED) is 0.748. The topological polar surface area (TPSA) is 48.5 Å². The third kappa shape index (κ3) is 5.69. The minimum Gasteiger partial charge on any atom is -0.354 e. The van der Waals surface area contributed by atoms with Crippen molar-refractivity contribution in [1.29, 1.82) is 0 Å². The molecule has 5 nitrogen and oxygen atoms in total. The van der Waals surface area contributed by atoms with Gasteiger partial charge in [-0.15, -0.1) is 0 Å². The summed E-state index contributed by atoms with van der Waals surface area (Å²) >= 11 is 0. The molecule has 0 aliphatic carbocycles. The predicted octanol–water partition coefficient (Wildman–Crippen LogP) is 2.84. The molecule has 0 aromatic carbocycles. The van der Waals surface area contributed by atoms with E-state index in [1.165, 1.54) is 12.1 Å². The molecule has 8 heteroatoms. The minimum atomic E-state index is -4.51. The van der Waals surface area contributed by atoms with Gasteiger partial charge in [0.2, 0.25) is 5.91 Å². The zero-order valence-corrected chi connectivity index (χ0v) is 17.4. The molecule has 0 radical (unpaired) electrons. The number of hydrogen-bond acceptors (Lipinski definition) is 4. The first kappa shape index (κ1) is 22.0. The maximum Gasteiger partial charge on any atom is 0.433 e. The van der Waals surface area contributed by atoms with E-state index < -0.39 is 17.8 Å². The molecule has 2 fully saturated rings. The molecule has 29 heavy (non-hydrogen) atoms. The standard InChI is InChI=1S/C21H31F3N4O/c1-14(2)9-28-12-16-10-27(11-17(16)13-28)8-7-25-20(29)15(3)18-5-4-6-19(26-18)21(22,23)24/h4-6,14-17H,7-13H2,1-3H3,(H,25,29). The molecule has 162 valence electrons. The van der Waals surface area contributed by atoms with Crippen molar-refractivity contribution in [2.45, 2.75) is 32.9 Å². The summed E-state index contributed by atoms with van der Waals surface area (Å²) < 4.78 is 38.5. The molecule has 0 saturated carbocycles. The number of nitrogens with one attached hydrogen (secondary N) is 1. The van der Waals surface area contributed by atoms with Gasteiger partial charge >= 0.3 is 6.18 Å². The maximum atomic E-state index is 12.8. The molecule has 3 atom stereocenters. The van der Waals surface area contributed by atoms with Gasteiger partial charge in [-0.1, -0.05) is 19.9 Å². The minimum absolute atomic E-state index is 0.137. The van der Waals surface area contributed by atoms with Gasteiger partial charge in [0.15, 0.2) is 0 Å². The van der Waals surface area contributed by atoms with Crippen molar-refractivity contribution in [3.05, 3.63) is 29.6 Å². The first-order valence-electron chi connectivity index (χ1n) is 10.4. The number of aromatic nitrogens is 1. The van der Waals surface area contributed by atoms with Crippen molar-refractivity contribution in [3.8, 4) is 0 Å². The molecule has 1 aromatic heterocycles.